The zero-order chi connectivity index (χ0) is 22.6. The molecule has 0 aliphatic rings. The molecule has 0 fully saturated rings. The SMILES string of the molecule is CC(OC(=O)c1ccc(S(=O)(=O)N(C)C)cc1)C(=O)NC(C)c1ccc(Cl)cc1Cl. The van der Waals surface area contributed by atoms with Crippen molar-refractivity contribution in [2.45, 2.75) is 30.9 Å². The van der Waals surface area contributed by atoms with Gasteiger partial charge in [-0.25, -0.2) is 17.5 Å². The number of hydrogen-bond acceptors (Lipinski definition) is 5. The van der Waals surface area contributed by atoms with E-state index in [9.17, 15) is 18.0 Å². The number of hydrogen-bond donors (Lipinski definition) is 1. The van der Waals surface area contributed by atoms with Gasteiger partial charge in [0.1, 0.15) is 0 Å². The highest BCUT2D eigenvalue weighted by atomic mass is 35.5. The van der Waals surface area contributed by atoms with Gasteiger partial charge in [0.2, 0.25) is 10.0 Å². The van der Waals surface area contributed by atoms with Gasteiger partial charge in [-0.1, -0.05) is 29.3 Å². The summed E-state index contributed by atoms with van der Waals surface area (Å²) in [5.41, 5.74) is 0.798. The quantitative estimate of drug-likeness (QED) is 0.620. The minimum atomic E-state index is -3.60. The minimum absolute atomic E-state index is 0.0449. The van der Waals surface area contributed by atoms with Crippen LogP contribution in [0.2, 0.25) is 10.0 Å². The third-order valence-corrected chi connectivity index (χ3v) is 6.70. The number of nitrogens with one attached hydrogen (secondary N) is 1. The van der Waals surface area contributed by atoms with E-state index >= 15 is 0 Å². The maximum atomic E-state index is 12.4. The maximum Gasteiger partial charge on any atom is 0.338 e. The van der Waals surface area contributed by atoms with Crippen molar-refractivity contribution in [1.82, 2.24) is 9.62 Å². The molecule has 162 valence electrons. The second kappa shape index (κ2) is 9.78. The molecular formula is C20H22Cl2N2O5S. The number of benzene rings is 2. The Bertz CT molecular complexity index is 1040. The van der Waals surface area contributed by atoms with Gasteiger partial charge in [-0.05, 0) is 55.8 Å². The summed E-state index contributed by atoms with van der Waals surface area (Å²) in [6.07, 6.45) is -1.07. The van der Waals surface area contributed by atoms with Crippen molar-refractivity contribution in [3.05, 3.63) is 63.6 Å². The fourth-order valence-electron chi connectivity index (χ4n) is 2.52. The van der Waals surface area contributed by atoms with E-state index in [2.05, 4.69) is 5.32 Å². The average Bonchev–Trinajstić information content (AvgIpc) is 2.67. The molecule has 2 unspecified atom stereocenters. The van der Waals surface area contributed by atoms with Gasteiger partial charge in [0.25, 0.3) is 5.91 Å². The molecule has 0 saturated carbocycles. The molecule has 2 aromatic carbocycles. The first-order chi connectivity index (χ1) is 13.9. The summed E-state index contributed by atoms with van der Waals surface area (Å²) in [5, 5.41) is 3.62. The Balaban J connectivity index is 2.02. The number of sulfonamides is 1. The van der Waals surface area contributed by atoms with E-state index in [1.54, 1.807) is 25.1 Å². The molecule has 2 aromatic rings. The highest BCUT2D eigenvalue weighted by Crippen LogP contribution is 2.26. The summed E-state index contributed by atoms with van der Waals surface area (Å²) in [6.45, 7) is 3.18. The van der Waals surface area contributed by atoms with Crippen molar-refractivity contribution < 1.29 is 22.7 Å². The van der Waals surface area contributed by atoms with E-state index in [1.807, 2.05) is 0 Å². The van der Waals surface area contributed by atoms with Crippen LogP contribution >= 0.6 is 23.2 Å². The van der Waals surface area contributed by atoms with Gasteiger partial charge >= 0.3 is 5.97 Å². The van der Waals surface area contributed by atoms with E-state index in [-0.39, 0.29) is 10.5 Å². The number of halogens is 2. The Kier molecular flexibility index (Phi) is 7.87. The first-order valence-corrected chi connectivity index (χ1v) is 11.1. The topological polar surface area (TPSA) is 92.8 Å². The molecule has 1 N–H and O–H groups in total. The van der Waals surface area contributed by atoms with Gasteiger partial charge in [0.15, 0.2) is 6.10 Å². The van der Waals surface area contributed by atoms with Crippen LogP contribution in [0.3, 0.4) is 0 Å². The summed E-state index contributed by atoms with van der Waals surface area (Å²) in [4.78, 5) is 24.7. The van der Waals surface area contributed by atoms with Gasteiger partial charge in [0.05, 0.1) is 16.5 Å². The Morgan fingerprint density at radius 2 is 1.63 bits per heavy atom. The minimum Gasteiger partial charge on any atom is -0.449 e. The Labute approximate surface area is 186 Å². The molecule has 0 aromatic heterocycles. The number of rotatable bonds is 7. The van der Waals surface area contributed by atoms with Crippen LogP contribution in [-0.2, 0) is 19.6 Å². The predicted molar refractivity (Wildman–Crippen MR) is 115 cm³/mol. The molecule has 10 heteroatoms. The lowest BCUT2D eigenvalue weighted by atomic mass is 10.1. The monoisotopic (exact) mass is 472 g/mol. The predicted octanol–water partition coefficient (Wildman–Crippen LogP) is 3.67. The first kappa shape index (κ1) is 24.1. The molecule has 2 rings (SSSR count). The standard InChI is InChI=1S/C20H22Cl2N2O5S/c1-12(17-10-7-15(21)11-18(17)22)23-19(25)13(2)29-20(26)14-5-8-16(9-6-14)30(27,28)24(3)4/h5-13H,1-4H3,(H,23,25). The summed E-state index contributed by atoms with van der Waals surface area (Å²) >= 11 is 12.0. The largest absolute Gasteiger partial charge is 0.449 e. The Morgan fingerprint density at radius 3 is 2.17 bits per heavy atom. The van der Waals surface area contributed by atoms with E-state index in [1.165, 1.54) is 45.3 Å². The van der Waals surface area contributed by atoms with Crippen LogP contribution in [-0.4, -0.2) is 44.8 Å². The van der Waals surface area contributed by atoms with Crippen molar-refractivity contribution in [2.24, 2.45) is 0 Å². The van der Waals surface area contributed by atoms with Crippen LogP contribution in [0.1, 0.15) is 35.8 Å². The number of amides is 1. The number of nitrogens with zero attached hydrogens (tertiary/aromatic N) is 1. The summed E-state index contributed by atoms with van der Waals surface area (Å²) < 4.78 is 30.4. The second-order valence-electron chi connectivity index (χ2n) is 6.76. The van der Waals surface area contributed by atoms with Crippen molar-refractivity contribution in [1.29, 1.82) is 0 Å². The molecule has 7 nitrogen and oxygen atoms in total. The van der Waals surface area contributed by atoms with Crippen LogP contribution in [0.4, 0.5) is 0 Å². The molecule has 0 spiro atoms. The highest BCUT2D eigenvalue weighted by molar-refractivity contribution is 7.89. The summed E-state index contributed by atoms with van der Waals surface area (Å²) in [7, 11) is -0.779. The molecule has 0 aliphatic carbocycles. The Hall–Kier alpha value is -2.13. The molecule has 2 atom stereocenters. The van der Waals surface area contributed by atoms with Crippen LogP contribution in [0.5, 0.6) is 0 Å². The average molecular weight is 473 g/mol. The maximum absolute atomic E-state index is 12.4. The van der Waals surface area contributed by atoms with Gasteiger partial charge in [-0.2, -0.15) is 0 Å². The lowest BCUT2D eigenvalue weighted by molar-refractivity contribution is -0.129. The lowest BCUT2D eigenvalue weighted by Crippen LogP contribution is -2.37. The van der Waals surface area contributed by atoms with Crippen LogP contribution in [0, 0.1) is 0 Å². The molecule has 0 saturated heterocycles. The fourth-order valence-corrected chi connectivity index (χ4v) is 3.99. The molecule has 0 radical (unpaired) electrons. The summed E-state index contributed by atoms with van der Waals surface area (Å²) in [6, 6.07) is 9.79. The van der Waals surface area contributed by atoms with Gasteiger partial charge in [-0.15, -0.1) is 0 Å². The molecular weight excluding hydrogens is 451 g/mol. The molecule has 30 heavy (non-hydrogen) atoms. The third kappa shape index (κ3) is 5.72. The van der Waals surface area contributed by atoms with E-state index in [0.717, 1.165) is 4.31 Å². The van der Waals surface area contributed by atoms with Crippen molar-refractivity contribution in [3.63, 3.8) is 0 Å². The summed E-state index contributed by atoms with van der Waals surface area (Å²) in [5.74, 6) is -1.25. The zero-order valence-corrected chi connectivity index (χ0v) is 19.2. The van der Waals surface area contributed by atoms with Crippen LogP contribution < -0.4 is 5.32 Å². The highest BCUT2D eigenvalue weighted by Gasteiger charge is 2.23. The lowest BCUT2D eigenvalue weighted by Gasteiger charge is -2.19. The number of carbonyl (C=O) groups excluding carboxylic acids is 2. The van der Waals surface area contributed by atoms with Gasteiger partial charge < -0.3 is 10.1 Å². The van der Waals surface area contributed by atoms with E-state index in [4.69, 9.17) is 27.9 Å². The molecule has 0 aliphatic heterocycles. The Morgan fingerprint density at radius 1 is 1.03 bits per heavy atom. The smallest absolute Gasteiger partial charge is 0.338 e. The van der Waals surface area contributed by atoms with Gasteiger partial charge in [-0.3, -0.25) is 4.79 Å². The van der Waals surface area contributed by atoms with Crippen LogP contribution in [0.25, 0.3) is 0 Å². The molecule has 0 bridgehead atoms. The fraction of sp³-hybridized carbons (Fsp3) is 0.300. The molecule has 0 heterocycles. The van der Waals surface area contributed by atoms with Crippen molar-refractivity contribution in [3.8, 4) is 0 Å². The zero-order valence-electron chi connectivity index (χ0n) is 16.8. The van der Waals surface area contributed by atoms with Gasteiger partial charge in [0, 0.05) is 24.1 Å². The van der Waals surface area contributed by atoms with E-state index < -0.39 is 34.0 Å². The first-order valence-electron chi connectivity index (χ1n) is 8.92. The third-order valence-electron chi connectivity index (χ3n) is 4.31. The number of ether oxygens (including phenoxy) is 1. The van der Waals surface area contributed by atoms with Crippen molar-refractivity contribution in [2.75, 3.05) is 14.1 Å². The number of esters is 1. The molecule has 1 amide bonds. The van der Waals surface area contributed by atoms with E-state index in [0.29, 0.717) is 15.6 Å². The number of carbonyl (C=O) groups is 2. The second-order valence-corrected chi connectivity index (χ2v) is 9.75. The normalized spacial score (nSPS) is 13.6. The van der Waals surface area contributed by atoms with Crippen LogP contribution in [0.15, 0.2) is 47.4 Å². The van der Waals surface area contributed by atoms with Crippen molar-refractivity contribution >= 4 is 45.1 Å².